The monoisotopic (exact) mass is 146 g/mol. The SMILES string of the molecule is [CH2-]N1CCc2cccc(C)c21. The predicted octanol–water partition coefficient (Wildman–Crippen LogP) is 2.15. The van der Waals surface area contributed by atoms with Crippen molar-refractivity contribution in [3.63, 3.8) is 0 Å². The average Bonchev–Trinajstić information content (AvgIpc) is 2.34. The van der Waals surface area contributed by atoms with Crippen molar-refractivity contribution in [1.29, 1.82) is 0 Å². The van der Waals surface area contributed by atoms with E-state index in [0.717, 1.165) is 13.0 Å². The molecule has 1 aliphatic heterocycles. The molecule has 58 valence electrons. The third-order valence-electron chi connectivity index (χ3n) is 2.29. The summed E-state index contributed by atoms with van der Waals surface area (Å²) >= 11 is 0. The lowest BCUT2D eigenvalue weighted by atomic mass is 10.1. The van der Waals surface area contributed by atoms with E-state index in [1.807, 2.05) is 0 Å². The van der Waals surface area contributed by atoms with E-state index in [0.29, 0.717) is 0 Å². The van der Waals surface area contributed by atoms with Gasteiger partial charge in [-0.2, -0.15) is 0 Å². The molecule has 11 heavy (non-hydrogen) atoms. The summed E-state index contributed by atoms with van der Waals surface area (Å²) in [4.78, 5) is 2.09. The van der Waals surface area contributed by atoms with E-state index >= 15 is 0 Å². The van der Waals surface area contributed by atoms with Crippen molar-refractivity contribution < 1.29 is 0 Å². The van der Waals surface area contributed by atoms with E-state index in [1.54, 1.807) is 0 Å². The Bertz CT molecular complexity index is 278. The number of fused-ring (bicyclic) bond motifs is 1. The third kappa shape index (κ3) is 0.917. The quantitative estimate of drug-likeness (QED) is 0.507. The van der Waals surface area contributed by atoms with Crippen LogP contribution in [0.2, 0.25) is 0 Å². The van der Waals surface area contributed by atoms with Crippen LogP contribution in [-0.4, -0.2) is 6.54 Å². The number of hydrogen-bond acceptors (Lipinski definition) is 1. The van der Waals surface area contributed by atoms with Crippen molar-refractivity contribution >= 4 is 5.69 Å². The highest BCUT2D eigenvalue weighted by atomic mass is 15.1. The topological polar surface area (TPSA) is 3.24 Å². The van der Waals surface area contributed by atoms with Crippen LogP contribution in [0.4, 0.5) is 5.69 Å². The number of aryl methyl sites for hydroxylation is 1. The highest BCUT2D eigenvalue weighted by Crippen LogP contribution is 2.29. The number of para-hydroxylation sites is 1. The maximum atomic E-state index is 3.97. The zero-order valence-corrected chi connectivity index (χ0v) is 6.80. The minimum atomic E-state index is 1.07. The van der Waals surface area contributed by atoms with Crippen LogP contribution >= 0.6 is 0 Å². The van der Waals surface area contributed by atoms with Crippen LogP contribution in [0.25, 0.3) is 0 Å². The molecule has 0 aromatic heterocycles. The number of benzene rings is 1. The molecule has 2 rings (SSSR count). The summed E-state index contributed by atoms with van der Waals surface area (Å²) in [7, 11) is 3.97. The average molecular weight is 146 g/mol. The van der Waals surface area contributed by atoms with Crippen molar-refractivity contribution in [2.24, 2.45) is 0 Å². The van der Waals surface area contributed by atoms with Gasteiger partial charge in [-0.25, -0.2) is 0 Å². The first-order valence-corrected chi connectivity index (χ1v) is 3.95. The lowest BCUT2D eigenvalue weighted by Gasteiger charge is -2.23. The van der Waals surface area contributed by atoms with Gasteiger partial charge in [0.25, 0.3) is 0 Å². The van der Waals surface area contributed by atoms with Gasteiger partial charge in [-0.1, -0.05) is 18.2 Å². The highest BCUT2D eigenvalue weighted by Gasteiger charge is 2.12. The number of anilines is 1. The van der Waals surface area contributed by atoms with E-state index in [4.69, 9.17) is 0 Å². The van der Waals surface area contributed by atoms with Gasteiger partial charge in [-0.15, -0.1) is 0 Å². The van der Waals surface area contributed by atoms with Gasteiger partial charge in [-0.05, 0) is 31.0 Å². The summed E-state index contributed by atoms with van der Waals surface area (Å²) in [6.45, 7) is 3.21. The standard InChI is InChI=1S/C10H12N/c1-8-4-3-5-9-6-7-11(2)10(8)9/h3-5H,2,6-7H2,1H3/q-1. The Morgan fingerprint density at radius 2 is 2.27 bits per heavy atom. The molecule has 0 amide bonds. The Labute approximate surface area is 67.6 Å². The normalized spacial score (nSPS) is 15.3. The summed E-state index contributed by atoms with van der Waals surface area (Å²) in [5.74, 6) is 0. The maximum absolute atomic E-state index is 3.97. The molecular weight excluding hydrogens is 134 g/mol. The second-order valence-electron chi connectivity index (χ2n) is 3.10. The van der Waals surface area contributed by atoms with Crippen LogP contribution < -0.4 is 4.90 Å². The van der Waals surface area contributed by atoms with Crippen LogP contribution in [0.3, 0.4) is 0 Å². The van der Waals surface area contributed by atoms with Crippen LogP contribution in [0, 0.1) is 14.0 Å². The molecule has 1 aromatic carbocycles. The molecule has 1 aliphatic rings. The Balaban J connectivity index is 2.58. The van der Waals surface area contributed by atoms with E-state index < -0.39 is 0 Å². The summed E-state index contributed by atoms with van der Waals surface area (Å²) in [6.07, 6.45) is 1.15. The molecule has 0 saturated carbocycles. The van der Waals surface area contributed by atoms with Gasteiger partial charge in [0.2, 0.25) is 0 Å². The Hall–Kier alpha value is -0.980. The first-order valence-electron chi connectivity index (χ1n) is 3.95. The maximum Gasteiger partial charge on any atom is 0.0132 e. The van der Waals surface area contributed by atoms with Gasteiger partial charge in [0, 0.05) is 5.69 Å². The summed E-state index contributed by atoms with van der Waals surface area (Å²) in [5.41, 5.74) is 4.13. The Morgan fingerprint density at radius 3 is 3.00 bits per heavy atom. The van der Waals surface area contributed by atoms with Crippen molar-refractivity contribution in [2.75, 3.05) is 11.4 Å². The smallest absolute Gasteiger partial charge is 0.0132 e. The molecule has 0 saturated heterocycles. The van der Waals surface area contributed by atoms with Gasteiger partial charge in [0.05, 0.1) is 0 Å². The molecular formula is C10H12N-. The fourth-order valence-corrected chi connectivity index (χ4v) is 1.74. The lowest BCUT2D eigenvalue weighted by molar-refractivity contribution is 0.989. The number of rotatable bonds is 0. The molecule has 0 radical (unpaired) electrons. The van der Waals surface area contributed by atoms with E-state index in [1.165, 1.54) is 16.8 Å². The van der Waals surface area contributed by atoms with Gasteiger partial charge in [0.15, 0.2) is 0 Å². The van der Waals surface area contributed by atoms with E-state index in [9.17, 15) is 0 Å². The first-order chi connectivity index (χ1) is 5.29. The molecule has 0 atom stereocenters. The van der Waals surface area contributed by atoms with Crippen molar-refractivity contribution in [3.8, 4) is 0 Å². The molecule has 0 bridgehead atoms. The van der Waals surface area contributed by atoms with Crippen molar-refractivity contribution in [1.82, 2.24) is 0 Å². The third-order valence-corrected chi connectivity index (χ3v) is 2.29. The minimum absolute atomic E-state index is 1.07. The summed E-state index contributed by atoms with van der Waals surface area (Å²) in [5, 5.41) is 0. The minimum Gasteiger partial charge on any atom is -0.524 e. The molecule has 0 fully saturated rings. The van der Waals surface area contributed by atoms with Crippen LogP contribution in [0.5, 0.6) is 0 Å². The van der Waals surface area contributed by atoms with Crippen LogP contribution in [0.15, 0.2) is 18.2 Å². The largest absolute Gasteiger partial charge is 0.524 e. The molecule has 0 spiro atoms. The Morgan fingerprint density at radius 1 is 1.45 bits per heavy atom. The molecule has 1 heteroatoms. The van der Waals surface area contributed by atoms with Gasteiger partial charge in [-0.3, -0.25) is 7.05 Å². The van der Waals surface area contributed by atoms with E-state index in [-0.39, 0.29) is 0 Å². The summed E-state index contributed by atoms with van der Waals surface area (Å²) in [6, 6.07) is 6.45. The Kier molecular flexibility index (Phi) is 1.38. The number of nitrogens with zero attached hydrogens (tertiary/aromatic N) is 1. The van der Waals surface area contributed by atoms with Gasteiger partial charge in [0.1, 0.15) is 0 Å². The predicted molar refractivity (Wildman–Crippen MR) is 47.6 cm³/mol. The van der Waals surface area contributed by atoms with Gasteiger partial charge < -0.3 is 4.90 Å². The fourth-order valence-electron chi connectivity index (χ4n) is 1.74. The number of hydrogen-bond donors (Lipinski definition) is 0. The molecule has 0 aliphatic carbocycles. The molecule has 1 aromatic rings. The van der Waals surface area contributed by atoms with Crippen molar-refractivity contribution in [3.05, 3.63) is 36.4 Å². The highest BCUT2D eigenvalue weighted by molar-refractivity contribution is 5.63. The van der Waals surface area contributed by atoms with Crippen molar-refractivity contribution in [2.45, 2.75) is 13.3 Å². The first kappa shape index (κ1) is 6.71. The van der Waals surface area contributed by atoms with E-state index in [2.05, 4.69) is 37.1 Å². The molecule has 0 unspecified atom stereocenters. The zero-order chi connectivity index (χ0) is 7.84. The molecule has 0 N–H and O–H groups in total. The fraction of sp³-hybridized carbons (Fsp3) is 0.300. The van der Waals surface area contributed by atoms with Crippen LogP contribution in [-0.2, 0) is 6.42 Å². The van der Waals surface area contributed by atoms with Gasteiger partial charge >= 0.3 is 0 Å². The molecule has 1 heterocycles. The zero-order valence-electron chi connectivity index (χ0n) is 6.80. The lowest BCUT2D eigenvalue weighted by Crippen LogP contribution is -2.10. The second-order valence-corrected chi connectivity index (χ2v) is 3.10. The van der Waals surface area contributed by atoms with Crippen LogP contribution in [0.1, 0.15) is 11.1 Å². The molecule has 1 nitrogen and oxygen atoms in total. The second kappa shape index (κ2) is 2.26. The summed E-state index contributed by atoms with van der Waals surface area (Å²) < 4.78 is 0.